The molecule has 2 rings (SSSR count). The molecule has 0 atom stereocenters. The minimum atomic E-state index is -0.174. The Balaban J connectivity index is 2.45. The van der Waals surface area contributed by atoms with Crippen molar-refractivity contribution in [2.75, 3.05) is 0 Å². The number of hydrogen-bond donors (Lipinski definition) is 1. The summed E-state index contributed by atoms with van der Waals surface area (Å²) in [5, 5.41) is 9.59. The summed E-state index contributed by atoms with van der Waals surface area (Å²) in [6.45, 7) is 0. The fourth-order valence-corrected chi connectivity index (χ4v) is 1.40. The molecule has 2 aromatic rings. The van der Waals surface area contributed by atoms with Gasteiger partial charge in [-0.3, -0.25) is 4.98 Å². The van der Waals surface area contributed by atoms with Gasteiger partial charge in [0.05, 0.1) is 0 Å². The van der Waals surface area contributed by atoms with Crippen LogP contribution < -0.4 is 0 Å². The van der Waals surface area contributed by atoms with Crippen molar-refractivity contribution < 1.29 is 5.11 Å². The molecular weight excluding hydrogens is 174 g/mol. The van der Waals surface area contributed by atoms with E-state index in [2.05, 4.69) is 14.3 Å². The summed E-state index contributed by atoms with van der Waals surface area (Å²) in [6.07, 6.45) is 3.35. The summed E-state index contributed by atoms with van der Waals surface area (Å²) >= 11 is 1.16. The number of hydrogen-bond acceptors (Lipinski definition) is 5. The molecule has 0 aromatic carbocycles. The monoisotopic (exact) mass is 179 g/mol. The molecule has 2 heterocycles. The lowest BCUT2D eigenvalue weighted by atomic mass is 10.3. The highest BCUT2D eigenvalue weighted by Gasteiger charge is 2.03. The fraction of sp³-hybridized carbons (Fsp3) is 0. The quantitative estimate of drug-likeness (QED) is 0.717. The maximum Gasteiger partial charge on any atom is 0.326 e. The van der Waals surface area contributed by atoms with E-state index < -0.39 is 0 Å². The van der Waals surface area contributed by atoms with Gasteiger partial charge in [0.1, 0.15) is 5.01 Å². The topological polar surface area (TPSA) is 58.9 Å². The van der Waals surface area contributed by atoms with Crippen molar-refractivity contribution in [2.24, 2.45) is 0 Å². The Bertz CT molecular complexity index is 373. The van der Waals surface area contributed by atoms with Gasteiger partial charge < -0.3 is 5.11 Å². The Labute approximate surface area is 72.7 Å². The molecule has 0 amide bonds. The van der Waals surface area contributed by atoms with Crippen LogP contribution in [0.1, 0.15) is 0 Å². The van der Waals surface area contributed by atoms with Gasteiger partial charge in [-0.05, 0) is 23.7 Å². The first kappa shape index (κ1) is 7.17. The van der Waals surface area contributed by atoms with Crippen molar-refractivity contribution in [3.05, 3.63) is 24.5 Å². The third-order valence-corrected chi connectivity index (χ3v) is 2.10. The molecule has 0 spiro atoms. The highest BCUT2D eigenvalue weighted by molar-refractivity contribution is 7.09. The van der Waals surface area contributed by atoms with Gasteiger partial charge in [-0.2, -0.15) is 4.98 Å². The van der Waals surface area contributed by atoms with Gasteiger partial charge in [-0.15, -0.1) is 4.37 Å². The zero-order valence-electron chi connectivity index (χ0n) is 6.01. The van der Waals surface area contributed by atoms with Crippen LogP contribution in [0.5, 0.6) is 6.01 Å². The zero-order chi connectivity index (χ0) is 8.39. The van der Waals surface area contributed by atoms with E-state index in [9.17, 15) is 0 Å². The average Bonchev–Trinajstić information content (AvgIpc) is 2.54. The molecule has 0 bridgehead atoms. The Morgan fingerprint density at radius 2 is 2.00 bits per heavy atom. The molecule has 2 aromatic heterocycles. The van der Waals surface area contributed by atoms with Gasteiger partial charge in [-0.25, -0.2) is 0 Å². The Morgan fingerprint density at radius 3 is 2.58 bits per heavy atom. The first-order valence-corrected chi connectivity index (χ1v) is 4.06. The number of aromatic hydroxyl groups is 1. The van der Waals surface area contributed by atoms with E-state index in [0.717, 1.165) is 17.1 Å². The van der Waals surface area contributed by atoms with Crippen LogP contribution in [0, 0.1) is 0 Å². The van der Waals surface area contributed by atoms with Gasteiger partial charge >= 0.3 is 6.01 Å². The molecule has 1 N–H and O–H groups in total. The highest BCUT2D eigenvalue weighted by atomic mass is 32.1. The molecule has 0 fully saturated rings. The lowest BCUT2D eigenvalue weighted by Crippen LogP contribution is -1.75. The SMILES string of the molecule is Oc1nsc(-c2ccncc2)n1. The largest absolute Gasteiger partial charge is 0.478 e. The van der Waals surface area contributed by atoms with Crippen LogP contribution in [0.15, 0.2) is 24.5 Å². The highest BCUT2D eigenvalue weighted by Crippen LogP contribution is 2.21. The fourth-order valence-electron chi connectivity index (χ4n) is 0.827. The average molecular weight is 179 g/mol. The van der Waals surface area contributed by atoms with Gasteiger partial charge in [0.15, 0.2) is 0 Å². The molecule has 4 nitrogen and oxygen atoms in total. The van der Waals surface area contributed by atoms with Crippen LogP contribution in [-0.2, 0) is 0 Å². The third kappa shape index (κ3) is 1.26. The molecule has 12 heavy (non-hydrogen) atoms. The second-order valence-electron chi connectivity index (χ2n) is 2.14. The zero-order valence-corrected chi connectivity index (χ0v) is 6.82. The minimum Gasteiger partial charge on any atom is -0.478 e. The molecular formula is C7H5N3OS. The van der Waals surface area contributed by atoms with E-state index in [0.29, 0.717) is 5.01 Å². The summed E-state index contributed by atoms with van der Waals surface area (Å²) in [7, 11) is 0. The minimum absolute atomic E-state index is 0.174. The standard InChI is InChI=1S/C7H5N3OS/c11-7-9-6(12-10-7)5-1-3-8-4-2-5/h1-4H,(H,10,11). The summed E-state index contributed by atoms with van der Waals surface area (Å²) in [6, 6.07) is 3.46. The first-order chi connectivity index (χ1) is 5.86. The number of nitrogens with zero attached hydrogens (tertiary/aromatic N) is 3. The van der Waals surface area contributed by atoms with Crippen LogP contribution in [-0.4, -0.2) is 19.4 Å². The van der Waals surface area contributed by atoms with Gasteiger partial charge in [0, 0.05) is 18.0 Å². The number of aromatic nitrogens is 3. The normalized spacial score (nSPS) is 10.0. The summed E-state index contributed by atoms with van der Waals surface area (Å²) < 4.78 is 3.66. The van der Waals surface area contributed by atoms with Crippen LogP contribution in [0.25, 0.3) is 10.6 Å². The van der Waals surface area contributed by atoms with E-state index in [1.165, 1.54) is 0 Å². The van der Waals surface area contributed by atoms with Crippen LogP contribution in [0.3, 0.4) is 0 Å². The Kier molecular flexibility index (Phi) is 1.71. The predicted molar refractivity (Wildman–Crippen MR) is 44.8 cm³/mol. The third-order valence-electron chi connectivity index (χ3n) is 1.34. The van der Waals surface area contributed by atoms with Crippen molar-refractivity contribution in [2.45, 2.75) is 0 Å². The van der Waals surface area contributed by atoms with E-state index in [1.54, 1.807) is 12.4 Å². The van der Waals surface area contributed by atoms with Gasteiger partial charge in [0.2, 0.25) is 0 Å². The summed E-state index contributed by atoms with van der Waals surface area (Å²) in [5.74, 6) is 0. The predicted octanol–water partition coefficient (Wildman–Crippen LogP) is 1.31. The van der Waals surface area contributed by atoms with Crippen LogP contribution >= 0.6 is 11.5 Å². The summed E-state index contributed by atoms with van der Waals surface area (Å²) in [5.41, 5.74) is 0.919. The summed E-state index contributed by atoms with van der Waals surface area (Å²) in [4.78, 5) is 7.69. The maximum atomic E-state index is 8.89. The van der Waals surface area contributed by atoms with E-state index in [1.807, 2.05) is 12.1 Å². The molecule has 0 saturated heterocycles. The molecule has 0 aliphatic heterocycles. The van der Waals surface area contributed by atoms with Crippen molar-refractivity contribution in [1.82, 2.24) is 14.3 Å². The lowest BCUT2D eigenvalue weighted by Gasteiger charge is -1.90. The first-order valence-electron chi connectivity index (χ1n) is 3.29. The molecule has 0 aliphatic rings. The number of pyridine rings is 1. The van der Waals surface area contributed by atoms with E-state index in [-0.39, 0.29) is 6.01 Å². The van der Waals surface area contributed by atoms with E-state index >= 15 is 0 Å². The lowest BCUT2D eigenvalue weighted by molar-refractivity contribution is 0.439. The molecule has 60 valence electrons. The van der Waals surface area contributed by atoms with E-state index in [4.69, 9.17) is 5.11 Å². The van der Waals surface area contributed by atoms with Crippen molar-refractivity contribution in [1.29, 1.82) is 0 Å². The smallest absolute Gasteiger partial charge is 0.326 e. The Hall–Kier alpha value is -1.49. The molecule has 0 radical (unpaired) electrons. The van der Waals surface area contributed by atoms with Crippen molar-refractivity contribution in [3.63, 3.8) is 0 Å². The van der Waals surface area contributed by atoms with Gasteiger partial charge in [0.25, 0.3) is 0 Å². The molecule has 0 saturated carbocycles. The second kappa shape index (κ2) is 2.86. The second-order valence-corrected chi connectivity index (χ2v) is 2.89. The molecule has 0 aliphatic carbocycles. The molecule has 5 heteroatoms. The van der Waals surface area contributed by atoms with Crippen molar-refractivity contribution in [3.8, 4) is 16.6 Å². The maximum absolute atomic E-state index is 8.89. The Morgan fingerprint density at radius 1 is 1.25 bits per heavy atom. The van der Waals surface area contributed by atoms with Crippen LogP contribution in [0.2, 0.25) is 0 Å². The van der Waals surface area contributed by atoms with Gasteiger partial charge in [-0.1, -0.05) is 0 Å². The van der Waals surface area contributed by atoms with Crippen LogP contribution in [0.4, 0.5) is 0 Å². The number of rotatable bonds is 1. The molecule has 0 unspecified atom stereocenters. The van der Waals surface area contributed by atoms with Crippen molar-refractivity contribution >= 4 is 11.5 Å².